The lowest BCUT2D eigenvalue weighted by Gasteiger charge is -2.42. The van der Waals surface area contributed by atoms with E-state index in [1.165, 1.54) is 27.5 Å². The number of carbonyl (C=O) groups excluding carboxylic acids is 1. The van der Waals surface area contributed by atoms with Crippen molar-refractivity contribution >= 4 is 16.7 Å². The molecular weight excluding hydrogens is 472 g/mol. The van der Waals surface area contributed by atoms with Crippen LogP contribution in [0.5, 0.6) is 0 Å². The molecule has 1 fully saturated rings. The number of hydrogen-bond acceptors (Lipinski definition) is 6. The Morgan fingerprint density at radius 1 is 1.00 bits per heavy atom. The van der Waals surface area contributed by atoms with Crippen molar-refractivity contribution in [2.75, 3.05) is 32.7 Å². The van der Waals surface area contributed by atoms with E-state index >= 15 is 0 Å². The second-order valence-electron chi connectivity index (χ2n) is 10.8. The van der Waals surface area contributed by atoms with Crippen LogP contribution in [0.2, 0.25) is 0 Å². The van der Waals surface area contributed by atoms with Gasteiger partial charge in [0.15, 0.2) is 0 Å². The number of fused-ring (bicyclic) bond motifs is 1. The summed E-state index contributed by atoms with van der Waals surface area (Å²) in [5.41, 5.74) is 22.7. The number of carbonyl (C=O) groups is 1. The molecule has 1 aliphatic rings. The fourth-order valence-electron chi connectivity index (χ4n) is 5.56. The van der Waals surface area contributed by atoms with Crippen LogP contribution in [0.15, 0.2) is 60.7 Å². The van der Waals surface area contributed by atoms with Crippen LogP contribution < -0.4 is 22.5 Å². The molecule has 1 amide bonds. The lowest BCUT2D eigenvalue weighted by Crippen LogP contribution is -2.59. The Hall–Kier alpha value is -2.81. The molecular formula is C31H44N6O. The molecule has 4 rings (SSSR count). The number of rotatable bonds is 11. The monoisotopic (exact) mass is 516 g/mol. The van der Waals surface area contributed by atoms with Crippen molar-refractivity contribution in [2.24, 2.45) is 17.2 Å². The molecule has 0 spiro atoms. The van der Waals surface area contributed by atoms with Gasteiger partial charge in [-0.2, -0.15) is 0 Å². The number of nitrogens with one attached hydrogen (secondary N) is 1. The fourth-order valence-corrected chi connectivity index (χ4v) is 5.56. The van der Waals surface area contributed by atoms with Crippen molar-refractivity contribution in [2.45, 2.75) is 57.9 Å². The van der Waals surface area contributed by atoms with Gasteiger partial charge in [-0.15, -0.1) is 0 Å². The molecule has 7 heteroatoms. The Morgan fingerprint density at radius 3 is 2.55 bits per heavy atom. The molecule has 1 heterocycles. The smallest absolute Gasteiger partial charge is 0.240 e. The molecule has 0 aliphatic carbocycles. The third-order valence-corrected chi connectivity index (χ3v) is 7.73. The van der Waals surface area contributed by atoms with Crippen LogP contribution in [0.25, 0.3) is 10.8 Å². The average molecular weight is 517 g/mol. The Kier molecular flexibility index (Phi) is 9.88. The number of piperazine rings is 1. The van der Waals surface area contributed by atoms with E-state index in [0.29, 0.717) is 13.0 Å². The van der Waals surface area contributed by atoms with Gasteiger partial charge >= 0.3 is 0 Å². The van der Waals surface area contributed by atoms with Crippen molar-refractivity contribution in [1.82, 2.24) is 15.1 Å². The molecule has 0 aromatic heterocycles. The molecule has 1 aliphatic heterocycles. The standard InChI is InChI=1S/C31H44N6O/c1-22-9-11-26(23(2)18-22)20-29(32)30(38)37-17-16-36(21-28(37)8-5-14-35-31(33)34)15-13-24-10-12-25-6-3-4-7-27(25)19-24/h3-4,6-7,9-12,18-19,28-29,31,35H,5,8,13-17,20-21,32-34H2,1-2H3/t28-,29+/m0/s1. The number of nitrogens with zero attached hydrogens (tertiary/aromatic N) is 2. The van der Waals surface area contributed by atoms with E-state index < -0.39 is 12.3 Å². The maximum atomic E-state index is 13.6. The summed E-state index contributed by atoms with van der Waals surface area (Å²) in [6.45, 7) is 8.28. The van der Waals surface area contributed by atoms with Crippen LogP contribution in [0, 0.1) is 13.8 Å². The summed E-state index contributed by atoms with van der Waals surface area (Å²) >= 11 is 0. The summed E-state index contributed by atoms with van der Waals surface area (Å²) in [6, 6.07) is 21.1. The Bertz CT molecular complexity index is 1210. The summed E-state index contributed by atoms with van der Waals surface area (Å²) in [4.78, 5) is 18.1. The minimum Gasteiger partial charge on any atom is -0.336 e. The number of aryl methyl sites for hydroxylation is 2. The SMILES string of the molecule is Cc1ccc(C[C@@H](N)C(=O)N2CCN(CCc3ccc4ccccc4c3)C[C@@H]2CCCNC(N)N)c(C)c1. The third-order valence-electron chi connectivity index (χ3n) is 7.73. The Morgan fingerprint density at radius 2 is 1.79 bits per heavy atom. The maximum absolute atomic E-state index is 13.6. The first kappa shape index (κ1) is 28.2. The van der Waals surface area contributed by atoms with Gasteiger partial charge in [0, 0.05) is 32.2 Å². The van der Waals surface area contributed by atoms with Gasteiger partial charge in [-0.3, -0.25) is 15.0 Å². The van der Waals surface area contributed by atoms with Gasteiger partial charge in [0.25, 0.3) is 0 Å². The molecule has 204 valence electrons. The Labute approximate surface area is 227 Å². The highest BCUT2D eigenvalue weighted by Crippen LogP contribution is 2.20. The van der Waals surface area contributed by atoms with E-state index in [1.54, 1.807) is 0 Å². The zero-order chi connectivity index (χ0) is 27.1. The van der Waals surface area contributed by atoms with Crippen LogP contribution in [0.1, 0.15) is 35.1 Å². The predicted octanol–water partition coefficient (Wildman–Crippen LogP) is 2.65. The van der Waals surface area contributed by atoms with E-state index in [1.807, 2.05) is 4.90 Å². The summed E-state index contributed by atoms with van der Waals surface area (Å²) in [6.07, 6.45) is 2.80. The number of nitrogens with two attached hydrogens (primary N) is 3. The van der Waals surface area contributed by atoms with E-state index in [0.717, 1.165) is 51.0 Å². The molecule has 2 atom stereocenters. The number of hydrogen-bond donors (Lipinski definition) is 4. The first-order valence-corrected chi connectivity index (χ1v) is 13.9. The van der Waals surface area contributed by atoms with E-state index in [-0.39, 0.29) is 11.9 Å². The van der Waals surface area contributed by atoms with Crippen molar-refractivity contribution in [3.05, 3.63) is 82.9 Å². The molecule has 38 heavy (non-hydrogen) atoms. The molecule has 7 nitrogen and oxygen atoms in total. The lowest BCUT2D eigenvalue weighted by atomic mass is 9.97. The largest absolute Gasteiger partial charge is 0.336 e. The molecule has 3 aromatic rings. The van der Waals surface area contributed by atoms with Crippen molar-refractivity contribution < 1.29 is 4.79 Å². The van der Waals surface area contributed by atoms with Gasteiger partial charge in [0.05, 0.1) is 6.04 Å². The molecule has 0 radical (unpaired) electrons. The van der Waals surface area contributed by atoms with Gasteiger partial charge < -0.3 is 22.1 Å². The van der Waals surface area contributed by atoms with Crippen LogP contribution in [0.4, 0.5) is 0 Å². The highest BCUT2D eigenvalue weighted by Gasteiger charge is 2.32. The minimum atomic E-state index is -0.543. The van der Waals surface area contributed by atoms with E-state index in [9.17, 15) is 4.79 Å². The Balaban J connectivity index is 1.38. The van der Waals surface area contributed by atoms with Crippen LogP contribution in [-0.2, 0) is 17.6 Å². The van der Waals surface area contributed by atoms with Crippen LogP contribution in [-0.4, -0.2) is 66.8 Å². The quantitative estimate of drug-likeness (QED) is 0.230. The third kappa shape index (κ3) is 7.62. The minimum absolute atomic E-state index is 0.0487. The second kappa shape index (κ2) is 13.3. The van der Waals surface area contributed by atoms with Gasteiger partial charge in [-0.25, -0.2) is 0 Å². The lowest BCUT2D eigenvalue weighted by molar-refractivity contribution is -0.137. The van der Waals surface area contributed by atoms with E-state index in [4.69, 9.17) is 17.2 Å². The van der Waals surface area contributed by atoms with Crippen molar-refractivity contribution in [1.29, 1.82) is 0 Å². The highest BCUT2D eigenvalue weighted by molar-refractivity contribution is 5.83. The van der Waals surface area contributed by atoms with Gasteiger partial charge in [0.2, 0.25) is 5.91 Å². The predicted molar refractivity (Wildman–Crippen MR) is 157 cm³/mol. The zero-order valence-electron chi connectivity index (χ0n) is 22.9. The van der Waals surface area contributed by atoms with Gasteiger partial charge in [-0.1, -0.05) is 66.2 Å². The van der Waals surface area contributed by atoms with Gasteiger partial charge in [-0.05, 0) is 73.5 Å². The molecule has 7 N–H and O–H groups in total. The maximum Gasteiger partial charge on any atom is 0.240 e. The molecule has 0 saturated carbocycles. The summed E-state index contributed by atoms with van der Waals surface area (Å²) in [5, 5.41) is 5.63. The second-order valence-corrected chi connectivity index (χ2v) is 10.8. The summed E-state index contributed by atoms with van der Waals surface area (Å²) in [5.74, 6) is 0.0487. The van der Waals surface area contributed by atoms with Crippen molar-refractivity contribution in [3.63, 3.8) is 0 Å². The van der Waals surface area contributed by atoms with Crippen LogP contribution >= 0.6 is 0 Å². The fraction of sp³-hybridized carbons (Fsp3) is 0.452. The van der Waals surface area contributed by atoms with Crippen molar-refractivity contribution in [3.8, 4) is 0 Å². The van der Waals surface area contributed by atoms with Gasteiger partial charge in [0.1, 0.15) is 6.29 Å². The normalized spacial score (nSPS) is 17.3. The first-order chi connectivity index (χ1) is 18.3. The number of amides is 1. The molecule has 0 unspecified atom stereocenters. The molecule has 0 bridgehead atoms. The van der Waals surface area contributed by atoms with Crippen LogP contribution in [0.3, 0.4) is 0 Å². The zero-order valence-corrected chi connectivity index (χ0v) is 22.9. The summed E-state index contributed by atoms with van der Waals surface area (Å²) in [7, 11) is 0. The average Bonchev–Trinajstić information content (AvgIpc) is 2.91. The highest BCUT2D eigenvalue weighted by atomic mass is 16.2. The first-order valence-electron chi connectivity index (χ1n) is 13.9. The van der Waals surface area contributed by atoms with E-state index in [2.05, 4.69) is 84.7 Å². The molecule has 1 saturated heterocycles. The summed E-state index contributed by atoms with van der Waals surface area (Å²) < 4.78 is 0. The topological polar surface area (TPSA) is 114 Å². The number of benzene rings is 3. The molecule has 3 aromatic carbocycles.